The minimum Gasteiger partial charge on any atom is -0.464 e. The van der Waals surface area contributed by atoms with E-state index < -0.39 is 17.9 Å². The first-order valence-corrected chi connectivity index (χ1v) is 5.58. The van der Waals surface area contributed by atoms with E-state index in [2.05, 4.69) is 5.43 Å². The number of alkyl halides is 1. The van der Waals surface area contributed by atoms with Crippen molar-refractivity contribution in [3.05, 3.63) is 35.9 Å². The number of halogens is 1. The van der Waals surface area contributed by atoms with Crippen molar-refractivity contribution in [3.63, 3.8) is 0 Å². The van der Waals surface area contributed by atoms with Crippen molar-refractivity contribution in [2.45, 2.75) is 12.3 Å². The molecule has 0 saturated carbocycles. The van der Waals surface area contributed by atoms with Crippen molar-refractivity contribution in [3.8, 4) is 0 Å². The van der Waals surface area contributed by atoms with E-state index in [0.717, 1.165) is 5.56 Å². The summed E-state index contributed by atoms with van der Waals surface area (Å²) in [6, 6.07) is 9.08. The number of hydrazine groups is 1. The molecule has 0 heterocycles. The summed E-state index contributed by atoms with van der Waals surface area (Å²) in [5, 5.41) is 8.39. The third-order valence-corrected chi connectivity index (χ3v) is 2.43. The van der Waals surface area contributed by atoms with Gasteiger partial charge in [0.15, 0.2) is 0 Å². The zero-order valence-corrected chi connectivity index (χ0v) is 9.78. The Kier molecular flexibility index (Phi) is 5.29. The summed E-state index contributed by atoms with van der Waals surface area (Å²) in [7, 11) is 0. The van der Waals surface area contributed by atoms with Gasteiger partial charge in [0.1, 0.15) is 0 Å². The average molecular weight is 257 g/mol. The van der Waals surface area contributed by atoms with Gasteiger partial charge in [0.25, 0.3) is 0 Å². The highest BCUT2D eigenvalue weighted by Gasteiger charge is 2.19. The molecule has 0 aromatic heterocycles. The molecule has 0 spiro atoms. The summed E-state index contributed by atoms with van der Waals surface area (Å²) >= 11 is 5.64. The number of amides is 2. The summed E-state index contributed by atoms with van der Waals surface area (Å²) in [6.07, 6.45) is -0.866. The van der Waals surface area contributed by atoms with Crippen LogP contribution in [0.25, 0.3) is 0 Å². The maximum absolute atomic E-state index is 11.7. The Morgan fingerprint density at radius 1 is 1.24 bits per heavy atom. The summed E-state index contributed by atoms with van der Waals surface area (Å²) in [5.41, 5.74) is 4.75. The van der Waals surface area contributed by atoms with Crippen LogP contribution in [0, 0.1) is 0 Å². The number of carbonyl (C=O) groups excluding carboxylic acids is 1. The topological polar surface area (TPSA) is 78.4 Å². The zero-order chi connectivity index (χ0) is 12.7. The van der Waals surface area contributed by atoms with E-state index in [1.165, 1.54) is 0 Å². The zero-order valence-electron chi connectivity index (χ0n) is 9.02. The highest BCUT2D eigenvalue weighted by atomic mass is 35.5. The number of rotatable bonds is 4. The number of carboxylic acid groups (broad SMARTS) is 1. The van der Waals surface area contributed by atoms with Gasteiger partial charge in [-0.2, -0.15) is 0 Å². The van der Waals surface area contributed by atoms with E-state index >= 15 is 0 Å². The normalized spacial score (nSPS) is 11.6. The van der Waals surface area contributed by atoms with Gasteiger partial charge in [-0.05, 0) is 12.0 Å². The van der Waals surface area contributed by atoms with Gasteiger partial charge >= 0.3 is 6.09 Å². The van der Waals surface area contributed by atoms with E-state index in [1.54, 1.807) is 12.1 Å². The van der Waals surface area contributed by atoms with Gasteiger partial charge in [0.2, 0.25) is 5.91 Å². The first kappa shape index (κ1) is 13.3. The smallest absolute Gasteiger partial charge is 0.423 e. The van der Waals surface area contributed by atoms with E-state index in [0.29, 0.717) is 12.3 Å². The van der Waals surface area contributed by atoms with Crippen LogP contribution in [0.2, 0.25) is 0 Å². The van der Waals surface area contributed by atoms with Gasteiger partial charge in [-0.3, -0.25) is 10.2 Å². The van der Waals surface area contributed by atoms with Crippen molar-refractivity contribution in [1.82, 2.24) is 10.9 Å². The maximum Gasteiger partial charge on any atom is 0.423 e. The van der Waals surface area contributed by atoms with Gasteiger partial charge in [0.05, 0.1) is 5.92 Å². The van der Waals surface area contributed by atoms with Crippen molar-refractivity contribution >= 4 is 23.6 Å². The number of carbonyl (C=O) groups is 2. The molecule has 5 nitrogen and oxygen atoms in total. The molecular formula is C11H13ClN2O3. The monoisotopic (exact) mass is 256 g/mol. The lowest BCUT2D eigenvalue weighted by Crippen LogP contribution is -2.43. The molecule has 17 heavy (non-hydrogen) atoms. The largest absolute Gasteiger partial charge is 0.464 e. The minimum atomic E-state index is -1.31. The summed E-state index contributed by atoms with van der Waals surface area (Å²) < 4.78 is 0. The Hall–Kier alpha value is -1.75. The second kappa shape index (κ2) is 6.75. The standard InChI is InChI=1S/C11H13ClN2O3/c12-7-6-9(8-4-2-1-3-5-8)10(15)13-14-11(16)17/h1-5,9,14H,6-7H2,(H,13,15)(H,16,17). The Morgan fingerprint density at radius 2 is 1.88 bits per heavy atom. The molecule has 1 aromatic carbocycles. The average Bonchev–Trinajstić information content (AvgIpc) is 2.34. The van der Waals surface area contributed by atoms with Crippen LogP contribution in [-0.4, -0.2) is 23.0 Å². The minimum absolute atomic E-state index is 0.319. The Morgan fingerprint density at radius 3 is 2.41 bits per heavy atom. The highest BCUT2D eigenvalue weighted by Crippen LogP contribution is 2.19. The molecule has 0 radical (unpaired) electrons. The van der Waals surface area contributed by atoms with Gasteiger partial charge in [-0.1, -0.05) is 30.3 Å². The number of benzene rings is 1. The number of hydrogen-bond acceptors (Lipinski definition) is 2. The van der Waals surface area contributed by atoms with Crippen LogP contribution in [0.15, 0.2) is 30.3 Å². The third kappa shape index (κ3) is 4.32. The predicted molar refractivity (Wildman–Crippen MR) is 63.8 cm³/mol. The summed E-state index contributed by atoms with van der Waals surface area (Å²) in [4.78, 5) is 22.0. The van der Waals surface area contributed by atoms with E-state index in [4.69, 9.17) is 16.7 Å². The lowest BCUT2D eigenvalue weighted by atomic mass is 9.96. The van der Waals surface area contributed by atoms with E-state index in [1.807, 2.05) is 23.6 Å². The summed E-state index contributed by atoms with van der Waals surface area (Å²) in [5.74, 6) is -0.556. The van der Waals surface area contributed by atoms with Gasteiger partial charge in [-0.25, -0.2) is 10.2 Å². The second-order valence-electron chi connectivity index (χ2n) is 3.36. The fourth-order valence-corrected chi connectivity index (χ4v) is 1.66. The molecule has 0 bridgehead atoms. The van der Waals surface area contributed by atoms with Gasteiger partial charge in [-0.15, -0.1) is 11.6 Å². The fourth-order valence-electron chi connectivity index (χ4n) is 1.45. The quantitative estimate of drug-likeness (QED) is 0.567. The first-order chi connectivity index (χ1) is 8.15. The number of hydrogen-bond donors (Lipinski definition) is 3. The Bertz CT molecular complexity index is 384. The molecule has 1 aromatic rings. The van der Waals surface area contributed by atoms with Crippen molar-refractivity contribution < 1.29 is 14.7 Å². The van der Waals surface area contributed by atoms with Gasteiger partial charge in [0, 0.05) is 5.88 Å². The SMILES string of the molecule is O=C(O)NNC(=O)C(CCCl)c1ccccc1. The molecule has 6 heteroatoms. The fraction of sp³-hybridized carbons (Fsp3) is 0.273. The van der Waals surface area contributed by atoms with Crippen LogP contribution >= 0.6 is 11.6 Å². The van der Waals surface area contributed by atoms with Crippen LogP contribution in [0.4, 0.5) is 4.79 Å². The molecule has 0 aliphatic carbocycles. The molecule has 0 saturated heterocycles. The van der Waals surface area contributed by atoms with Crippen LogP contribution in [-0.2, 0) is 4.79 Å². The predicted octanol–water partition coefficient (Wildman–Crippen LogP) is 1.70. The van der Waals surface area contributed by atoms with Gasteiger partial charge < -0.3 is 5.11 Å². The van der Waals surface area contributed by atoms with E-state index in [9.17, 15) is 9.59 Å². The molecule has 0 aliphatic heterocycles. The van der Waals surface area contributed by atoms with Crippen LogP contribution < -0.4 is 10.9 Å². The maximum atomic E-state index is 11.7. The summed E-state index contributed by atoms with van der Waals surface area (Å²) in [6.45, 7) is 0. The number of nitrogens with one attached hydrogen (secondary N) is 2. The van der Waals surface area contributed by atoms with Crippen molar-refractivity contribution in [1.29, 1.82) is 0 Å². The molecule has 2 amide bonds. The van der Waals surface area contributed by atoms with E-state index in [-0.39, 0.29) is 0 Å². The molecule has 92 valence electrons. The van der Waals surface area contributed by atoms with Crippen LogP contribution in [0.5, 0.6) is 0 Å². The molecule has 0 aliphatic rings. The Balaban J connectivity index is 2.72. The second-order valence-corrected chi connectivity index (χ2v) is 3.74. The van der Waals surface area contributed by atoms with Crippen LogP contribution in [0.3, 0.4) is 0 Å². The molecule has 0 fully saturated rings. The van der Waals surface area contributed by atoms with Crippen molar-refractivity contribution in [2.24, 2.45) is 0 Å². The third-order valence-electron chi connectivity index (χ3n) is 2.21. The van der Waals surface area contributed by atoms with Crippen molar-refractivity contribution in [2.75, 3.05) is 5.88 Å². The Labute approximate surface area is 104 Å². The lowest BCUT2D eigenvalue weighted by Gasteiger charge is -2.15. The molecular weight excluding hydrogens is 244 g/mol. The van der Waals surface area contributed by atoms with Crippen LogP contribution in [0.1, 0.15) is 17.9 Å². The molecule has 3 N–H and O–H groups in total. The molecule has 1 unspecified atom stereocenters. The first-order valence-electron chi connectivity index (χ1n) is 5.05. The molecule has 1 atom stereocenters. The lowest BCUT2D eigenvalue weighted by molar-refractivity contribution is -0.123. The molecule has 1 rings (SSSR count). The highest BCUT2D eigenvalue weighted by molar-refractivity contribution is 6.18.